The van der Waals surface area contributed by atoms with Gasteiger partial charge in [-0.05, 0) is 38.3 Å². The molecule has 0 aromatic heterocycles. The summed E-state index contributed by atoms with van der Waals surface area (Å²) < 4.78 is 0. The van der Waals surface area contributed by atoms with Gasteiger partial charge in [-0.1, -0.05) is 17.7 Å². The Morgan fingerprint density at radius 3 is 2.94 bits per heavy atom. The molecular formula is C13H16ClNO. The molecule has 0 saturated carbocycles. The molecule has 86 valence electrons. The maximum Gasteiger partial charge on any atom is 0.152 e. The Morgan fingerprint density at radius 2 is 2.25 bits per heavy atom. The molecule has 0 radical (unpaired) electrons. The van der Waals surface area contributed by atoms with Crippen molar-refractivity contribution in [2.75, 3.05) is 11.4 Å². The molecule has 1 atom stereocenters. The Morgan fingerprint density at radius 1 is 1.44 bits per heavy atom. The van der Waals surface area contributed by atoms with Crippen molar-refractivity contribution >= 4 is 23.6 Å². The number of carbonyl (C=O) groups is 1. The highest BCUT2D eigenvalue weighted by atomic mass is 35.5. The van der Waals surface area contributed by atoms with E-state index in [0.29, 0.717) is 16.6 Å². The monoisotopic (exact) mass is 237 g/mol. The maximum absolute atomic E-state index is 11.0. The van der Waals surface area contributed by atoms with Gasteiger partial charge in [-0.15, -0.1) is 0 Å². The number of carbonyl (C=O) groups excluding carboxylic acids is 1. The molecule has 0 spiro atoms. The van der Waals surface area contributed by atoms with Gasteiger partial charge in [-0.25, -0.2) is 0 Å². The van der Waals surface area contributed by atoms with Crippen LogP contribution >= 0.6 is 11.6 Å². The number of hydrogen-bond acceptors (Lipinski definition) is 2. The van der Waals surface area contributed by atoms with Crippen molar-refractivity contribution in [2.45, 2.75) is 32.2 Å². The number of nitrogens with zero attached hydrogens (tertiary/aromatic N) is 1. The lowest BCUT2D eigenvalue weighted by atomic mass is 10.0. The first-order valence-electron chi connectivity index (χ1n) is 5.74. The molecule has 2 rings (SSSR count). The second-order valence-electron chi connectivity index (χ2n) is 4.33. The van der Waals surface area contributed by atoms with E-state index in [9.17, 15) is 4.79 Å². The highest BCUT2D eigenvalue weighted by Gasteiger charge is 2.22. The molecule has 3 heteroatoms. The average Bonchev–Trinajstić information content (AvgIpc) is 2.30. The third-order valence-corrected chi connectivity index (χ3v) is 3.54. The summed E-state index contributed by atoms with van der Waals surface area (Å²) >= 11 is 6.21. The molecule has 1 aliphatic rings. The minimum absolute atomic E-state index is 0.465. The van der Waals surface area contributed by atoms with Crippen molar-refractivity contribution in [2.24, 2.45) is 0 Å². The van der Waals surface area contributed by atoms with Crippen LogP contribution in [0.4, 0.5) is 5.69 Å². The number of rotatable bonds is 2. The van der Waals surface area contributed by atoms with E-state index in [2.05, 4.69) is 11.8 Å². The molecule has 1 unspecified atom stereocenters. The summed E-state index contributed by atoms with van der Waals surface area (Å²) in [6.07, 6.45) is 4.50. The molecule has 0 N–H and O–H groups in total. The molecule has 0 aliphatic carbocycles. The van der Waals surface area contributed by atoms with Crippen molar-refractivity contribution in [3.05, 3.63) is 28.8 Å². The van der Waals surface area contributed by atoms with Crippen LogP contribution in [-0.4, -0.2) is 18.9 Å². The first-order chi connectivity index (χ1) is 7.74. The predicted molar refractivity (Wildman–Crippen MR) is 67.5 cm³/mol. The molecule has 1 aromatic carbocycles. The number of aldehydes is 1. The van der Waals surface area contributed by atoms with Crippen molar-refractivity contribution in [1.29, 1.82) is 0 Å². The maximum atomic E-state index is 11.0. The highest BCUT2D eigenvalue weighted by Crippen LogP contribution is 2.33. The molecule has 16 heavy (non-hydrogen) atoms. The second-order valence-corrected chi connectivity index (χ2v) is 4.74. The highest BCUT2D eigenvalue weighted by molar-refractivity contribution is 6.34. The molecule has 1 heterocycles. The Hall–Kier alpha value is -1.02. The molecule has 0 amide bonds. The van der Waals surface area contributed by atoms with Gasteiger partial charge in [0, 0.05) is 18.2 Å². The van der Waals surface area contributed by atoms with Gasteiger partial charge in [-0.2, -0.15) is 0 Å². The third-order valence-electron chi connectivity index (χ3n) is 3.24. The first kappa shape index (κ1) is 11.5. The Labute approximate surface area is 101 Å². The van der Waals surface area contributed by atoms with Gasteiger partial charge in [0.05, 0.1) is 10.7 Å². The van der Waals surface area contributed by atoms with Crippen LogP contribution in [0.15, 0.2) is 18.2 Å². The van der Waals surface area contributed by atoms with E-state index in [1.165, 1.54) is 19.3 Å². The van der Waals surface area contributed by atoms with Gasteiger partial charge < -0.3 is 4.90 Å². The SMILES string of the molecule is CC1CCCCN1c1c(Cl)cccc1C=O. The van der Waals surface area contributed by atoms with Crippen LogP contribution in [-0.2, 0) is 0 Å². The van der Waals surface area contributed by atoms with Crippen LogP contribution in [0.2, 0.25) is 5.02 Å². The minimum atomic E-state index is 0.465. The lowest BCUT2D eigenvalue weighted by molar-refractivity contribution is 0.112. The first-order valence-corrected chi connectivity index (χ1v) is 6.12. The summed E-state index contributed by atoms with van der Waals surface area (Å²) in [5.74, 6) is 0. The van der Waals surface area contributed by atoms with Crippen molar-refractivity contribution in [3.8, 4) is 0 Å². The molecule has 1 aromatic rings. The second kappa shape index (κ2) is 4.88. The smallest absolute Gasteiger partial charge is 0.152 e. The van der Waals surface area contributed by atoms with Gasteiger partial charge >= 0.3 is 0 Å². The van der Waals surface area contributed by atoms with Gasteiger partial charge in [-0.3, -0.25) is 4.79 Å². The predicted octanol–water partition coefficient (Wildman–Crippen LogP) is 3.53. The summed E-state index contributed by atoms with van der Waals surface area (Å²) in [5, 5.41) is 0.679. The van der Waals surface area contributed by atoms with Crippen molar-refractivity contribution in [3.63, 3.8) is 0 Å². The molecule has 1 aliphatic heterocycles. The number of para-hydroxylation sites is 1. The topological polar surface area (TPSA) is 20.3 Å². The lowest BCUT2D eigenvalue weighted by Crippen LogP contribution is -2.38. The van der Waals surface area contributed by atoms with Crippen molar-refractivity contribution in [1.82, 2.24) is 0 Å². The summed E-state index contributed by atoms with van der Waals surface area (Å²) in [6.45, 7) is 3.18. The van der Waals surface area contributed by atoms with Crippen LogP contribution in [0.25, 0.3) is 0 Å². The molecule has 2 nitrogen and oxygen atoms in total. The van der Waals surface area contributed by atoms with Crippen LogP contribution in [0, 0.1) is 0 Å². The van der Waals surface area contributed by atoms with Crippen LogP contribution < -0.4 is 4.90 Å². The van der Waals surface area contributed by atoms with E-state index in [-0.39, 0.29) is 0 Å². The lowest BCUT2D eigenvalue weighted by Gasteiger charge is -2.36. The van der Waals surface area contributed by atoms with E-state index < -0.39 is 0 Å². The fourth-order valence-electron chi connectivity index (χ4n) is 2.36. The number of halogens is 1. The Kier molecular flexibility index (Phi) is 3.49. The van der Waals surface area contributed by atoms with Crippen molar-refractivity contribution < 1.29 is 4.79 Å². The zero-order valence-corrected chi connectivity index (χ0v) is 10.2. The Bertz CT molecular complexity index is 392. The molecular weight excluding hydrogens is 222 g/mol. The van der Waals surface area contributed by atoms with Crippen LogP contribution in [0.1, 0.15) is 36.5 Å². The summed E-state index contributed by atoms with van der Waals surface area (Å²) in [4.78, 5) is 13.3. The number of hydrogen-bond donors (Lipinski definition) is 0. The average molecular weight is 238 g/mol. The number of benzene rings is 1. The van der Waals surface area contributed by atoms with E-state index in [0.717, 1.165) is 18.5 Å². The van der Waals surface area contributed by atoms with E-state index >= 15 is 0 Å². The number of piperidine rings is 1. The van der Waals surface area contributed by atoms with E-state index in [4.69, 9.17) is 11.6 Å². The fraction of sp³-hybridized carbons (Fsp3) is 0.462. The summed E-state index contributed by atoms with van der Waals surface area (Å²) in [6, 6.07) is 5.97. The minimum Gasteiger partial charge on any atom is -0.367 e. The van der Waals surface area contributed by atoms with E-state index in [1.54, 1.807) is 0 Å². The standard InChI is InChI=1S/C13H16ClNO/c1-10-5-2-3-8-15(10)13-11(9-16)6-4-7-12(13)14/h4,6-7,9-10H,2-3,5,8H2,1H3. The molecule has 0 bridgehead atoms. The summed E-state index contributed by atoms with van der Waals surface area (Å²) in [7, 11) is 0. The van der Waals surface area contributed by atoms with Gasteiger partial charge in [0.25, 0.3) is 0 Å². The molecule has 1 fully saturated rings. The zero-order valence-electron chi connectivity index (χ0n) is 9.45. The number of anilines is 1. The van der Waals surface area contributed by atoms with Gasteiger partial charge in [0.2, 0.25) is 0 Å². The quantitative estimate of drug-likeness (QED) is 0.734. The van der Waals surface area contributed by atoms with Crippen LogP contribution in [0.5, 0.6) is 0 Å². The third kappa shape index (κ3) is 2.07. The Balaban J connectivity index is 2.41. The fourth-order valence-corrected chi connectivity index (χ4v) is 2.65. The van der Waals surface area contributed by atoms with Gasteiger partial charge in [0.15, 0.2) is 6.29 Å². The zero-order chi connectivity index (χ0) is 11.5. The normalized spacial score (nSPS) is 20.9. The van der Waals surface area contributed by atoms with Gasteiger partial charge in [0.1, 0.15) is 0 Å². The summed E-state index contributed by atoms with van der Waals surface area (Å²) in [5.41, 5.74) is 1.60. The van der Waals surface area contributed by atoms with E-state index in [1.807, 2.05) is 18.2 Å². The molecule has 1 saturated heterocycles. The largest absolute Gasteiger partial charge is 0.367 e. The van der Waals surface area contributed by atoms with Crippen LogP contribution in [0.3, 0.4) is 0 Å².